The molecule has 2 rings (SSSR count). The Morgan fingerprint density at radius 3 is 2.90 bits per heavy atom. The van der Waals surface area contributed by atoms with Gasteiger partial charge in [-0.3, -0.25) is 10.1 Å². The highest BCUT2D eigenvalue weighted by Gasteiger charge is 2.24. The lowest BCUT2D eigenvalue weighted by molar-refractivity contribution is -0.387. The molecule has 114 valence electrons. The lowest BCUT2D eigenvalue weighted by Gasteiger charge is -2.26. The summed E-state index contributed by atoms with van der Waals surface area (Å²) in [7, 11) is 0. The van der Waals surface area contributed by atoms with Crippen molar-refractivity contribution >= 4 is 23.3 Å². The average Bonchev–Trinajstić information content (AvgIpc) is 2.46. The second-order valence-electron chi connectivity index (χ2n) is 5.44. The van der Waals surface area contributed by atoms with E-state index in [4.69, 9.17) is 10.9 Å². The largest absolute Gasteiger partial charge is 0.409 e. The van der Waals surface area contributed by atoms with Crippen LogP contribution in [0.5, 0.6) is 0 Å². The fourth-order valence-corrected chi connectivity index (χ4v) is 4.11. The number of nitrogens with zero attached hydrogens (tertiary/aromatic N) is 2. The zero-order chi connectivity index (χ0) is 15.4. The Balaban J connectivity index is 2.24. The second kappa shape index (κ2) is 6.80. The van der Waals surface area contributed by atoms with Crippen LogP contribution in [0.4, 0.5) is 5.69 Å². The van der Waals surface area contributed by atoms with Gasteiger partial charge in [0.2, 0.25) is 0 Å². The van der Waals surface area contributed by atoms with E-state index in [1.54, 1.807) is 23.9 Å². The number of oxime groups is 1. The van der Waals surface area contributed by atoms with Crippen LogP contribution >= 0.6 is 11.8 Å². The smallest absolute Gasteiger partial charge is 0.283 e. The van der Waals surface area contributed by atoms with Gasteiger partial charge in [0.25, 0.3) is 5.69 Å². The molecule has 1 aliphatic rings. The van der Waals surface area contributed by atoms with E-state index in [0.717, 1.165) is 12.8 Å². The molecule has 0 spiro atoms. The fraction of sp³-hybridized carbons (Fsp3) is 0.500. The molecular formula is C14H19N3O3S. The Kier molecular flexibility index (Phi) is 5.06. The molecule has 0 radical (unpaired) electrons. The number of hydrogen-bond donors (Lipinski definition) is 2. The molecule has 21 heavy (non-hydrogen) atoms. The molecule has 1 aliphatic carbocycles. The Hall–Kier alpha value is -1.76. The monoisotopic (exact) mass is 309 g/mol. The van der Waals surface area contributed by atoms with Crippen molar-refractivity contribution in [3.8, 4) is 0 Å². The number of nitro benzene ring substituents is 1. The summed E-state index contributed by atoms with van der Waals surface area (Å²) in [4.78, 5) is 11.5. The van der Waals surface area contributed by atoms with Crippen LogP contribution in [0, 0.1) is 16.0 Å². The van der Waals surface area contributed by atoms with Crippen LogP contribution in [0.2, 0.25) is 0 Å². The summed E-state index contributed by atoms with van der Waals surface area (Å²) in [6, 6.07) is 4.70. The molecule has 3 N–H and O–H groups in total. The first kappa shape index (κ1) is 15.6. The van der Waals surface area contributed by atoms with Crippen molar-refractivity contribution in [3.63, 3.8) is 0 Å². The minimum Gasteiger partial charge on any atom is -0.409 e. The second-order valence-corrected chi connectivity index (χ2v) is 6.78. The number of hydrogen-bond acceptors (Lipinski definition) is 5. The summed E-state index contributed by atoms with van der Waals surface area (Å²) in [5, 5.41) is 23.2. The number of amidine groups is 1. The van der Waals surface area contributed by atoms with Crippen molar-refractivity contribution in [2.24, 2.45) is 16.8 Å². The molecule has 0 aliphatic heterocycles. The first-order valence-electron chi connectivity index (χ1n) is 6.94. The highest BCUT2D eigenvalue weighted by atomic mass is 32.2. The van der Waals surface area contributed by atoms with Gasteiger partial charge < -0.3 is 10.9 Å². The van der Waals surface area contributed by atoms with Crippen LogP contribution in [0.3, 0.4) is 0 Å². The molecule has 2 unspecified atom stereocenters. The van der Waals surface area contributed by atoms with Crippen molar-refractivity contribution in [3.05, 3.63) is 33.9 Å². The fourth-order valence-electron chi connectivity index (χ4n) is 2.64. The number of rotatable bonds is 4. The van der Waals surface area contributed by atoms with E-state index in [2.05, 4.69) is 12.1 Å². The number of thioether (sulfide) groups is 1. The molecule has 1 fully saturated rings. The molecule has 6 nitrogen and oxygen atoms in total. The van der Waals surface area contributed by atoms with Gasteiger partial charge in [-0.05, 0) is 30.9 Å². The number of nitrogens with two attached hydrogens (primary N) is 1. The van der Waals surface area contributed by atoms with Crippen molar-refractivity contribution < 1.29 is 10.1 Å². The quantitative estimate of drug-likeness (QED) is 0.292. The van der Waals surface area contributed by atoms with Crippen LogP contribution in [0.25, 0.3) is 0 Å². The molecule has 0 aromatic heterocycles. The van der Waals surface area contributed by atoms with Crippen molar-refractivity contribution in [2.75, 3.05) is 0 Å². The van der Waals surface area contributed by atoms with Gasteiger partial charge >= 0.3 is 0 Å². The molecule has 2 atom stereocenters. The molecule has 0 amide bonds. The van der Waals surface area contributed by atoms with E-state index >= 15 is 0 Å². The summed E-state index contributed by atoms with van der Waals surface area (Å²) in [6.45, 7) is 2.22. The van der Waals surface area contributed by atoms with Crippen LogP contribution in [0.1, 0.15) is 38.2 Å². The van der Waals surface area contributed by atoms with Gasteiger partial charge in [-0.25, -0.2) is 0 Å². The van der Waals surface area contributed by atoms with Gasteiger partial charge in [-0.2, -0.15) is 0 Å². The zero-order valence-electron chi connectivity index (χ0n) is 11.9. The Morgan fingerprint density at radius 1 is 1.52 bits per heavy atom. The topological polar surface area (TPSA) is 102 Å². The predicted octanol–water partition coefficient (Wildman–Crippen LogP) is 3.36. The van der Waals surface area contributed by atoms with Crippen molar-refractivity contribution in [1.82, 2.24) is 0 Å². The third kappa shape index (κ3) is 3.87. The Morgan fingerprint density at radius 2 is 2.29 bits per heavy atom. The van der Waals surface area contributed by atoms with Crippen LogP contribution in [-0.4, -0.2) is 21.2 Å². The number of benzene rings is 1. The van der Waals surface area contributed by atoms with Gasteiger partial charge in [0, 0.05) is 16.9 Å². The lowest BCUT2D eigenvalue weighted by atomic mass is 9.91. The SMILES string of the molecule is CC1CCCC(Sc2ccc(C(N)=NO)cc2[N+](=O)[O-])C1. The first-order chi connectivity index (χ1) is 10.0. The highest BCUT2D eigenvalue weighted by Crippen LogP contribution is 2.39. The van der Waals surface area contributed by atoms with Crippen LogP contribution < -0.4 is 5.73 Å². The van der Waals surface area contributed by atoms with E-state index in [-0.39, 0.29) is 11.5 Å². The molecular weight excluding hydrogens is 290 g/mol. The minimum atomic E-state index is -0.414. The van der Waals surface area contributed by atoms with E-state index < -0.39 is 4.92 Å². The molecule has 0 bridgehead atoms. The van der Waals surface area contributed by atoms with Crippen LogP contribution in [-0.2, 0) is 0 Å². The minimum absolute atomic E-state index is 0.0160. The van der Waals surface area contributed by atoms with Gasteiger partial charge in [-0.15, -0.1) is 11.8 Å². The van der Waals surface area contributed by atoms with E-state index in [9.17, 15) is 10.1 Å². The maximum absolute atomic E-state index is 11.2. The molecule has 1 aromatic rings. The molecule has 0 saturated heterocycles. The van der Waals surface area contributed by atoms with Gasteiger partial charge in [-0.1, -0.05) is 24.9 Å². The third-order valence-electron chi connectivity index (χ3n) is 3.74. The summed E-state index contributed by atoms with van der Waals surface area (Å²) in [5.41, 5.74) is 5.85. The zero-order valence-corrected chi connectivity index (χ0v) is 12.7. The predicted molar refractivity (Wildman–Crippen MR) is 82.9 cm³/mol. The van der Waals surface area contributed by atoms with E-state index in [1.807, 2.05) is 0 Å². The summed E-state index contributed by atoms with van der Waals surface area (Å²) in [5.74, 6) is 0.549. The molecule has 7 heteroatoms. The standard InChI is InChI=1S/C14H19N3O3S/c1-9-3-2-4-11(7-9)21-13-6-5-10(14(15)16-18)8-12(13)17(19)20/h5-6,8-9,11,18H,2-4,7H2,1H3,(H2,15,16). The molecule has 1 saturated carbocycles. The van der Waals surface area contributed by atoms with Crippen LogP contribution in [0.15, 0.2) is 28.3 Å². The third-order valence-corrected chi connectivity index (χ3v) is 5.10. The molecule has 1 aromatic carbocycles. The normalized spacial score (nSPS) is 23.0. The Bertz CT molecular complexity index is 562. The van der Waals surface area contributed by atoms with Gasteiger partial charge in [0.1, 0.15) is 0 Å². The summed E-state index contributed by atoms with van der Waals surface area (Å²) in [6.07, 6.45) is 4.59. The summed E-state index contributed by atoms with van der Waals surface area (Å²) >= 11 is 1.57. The van der Waals surface area contributed by atoms with Crippen molar-refractivity contribution in [1.29, 1.82) is 0 Å². The maximum Gasteiger partial charge on any atom is 0.283 e. The first-order valence-corrected chi connectivity index (χ1v) is 7.82. The Labute approximate surface area is 127 Å². The van der Waals surface area contributed by atoms with E-state index in [1.165, 1.54) is 18.9 Å². The summed E-state index contributed by atoms with van der Waals surface area (Å²) < 4.78 is 0. The molecule has 0 heterocycles. The van der Waals surface area contributed by atoms with Gasteiger partial charge in [0.15, 0.2) is 5.84 Å². The van der Waals surface area contributed by atoms with Gasteiger partial charge in [0.05, 0.1) is 9.82 Å². The average molecular weight is 309 g/mol. The highest BCUT2D eigenvalue weighted by molar-refractivity contribution is 8.00. The van der Waals surface area contributed by atoms with Crippen molar-refractivity contribution in [2.45, 2.75) is 42.8 Å². The lowest BCUT2D eigenvalue weighted by Crippen LogP contribution is -2.16. The van der Waals surface area contributed by atoms with E-state index in [0.29, 0.717) is 21.6 Å². The number of nitro groups is 1. The maximum atomic E-state index is 11.2.